The summed E-state index contributed by atoms with van der Waals surface area (Å²) >= 11 is 11.4. The summed E-state index contributed by atoms with van der Waals surface area (Å²) in [6, 6.07) is 10.4. The number of halogens is 2. The van der Waals surface area contributed by atoms with E-state index in [-0.39, 0.29) is 12.2 Å². The monoisotopic (exact) mass is 433 g/mol. The van der Waals surface area contributed by atoms with Crippen molar-refractivity contribution >= 4 is 46.0 Å². The highest BCUT2D eigenvalue weighted by Crippen LogP contribution is 2.25. The van der Waals surface area contributed by atoms with Crippen LogP contribution in [0.1, 0.15) is 17.0 Å². The minimum Gasteiger partial charge on any atom is -0.332 e. The van der Waals surface area contributed by atoms with Gasteiger partial charge in [0.25, 0.3) is 5.69 Å². The molecule has 0 bridgehead atoms. The highest BCUT2D eigenvalue weighted by atomic mass is 35.5. The molecule has 0 radical (unpaired) electrons. The maximum absolute atomic E-state index is 14.1. The van der Waals surface area contributed by atoms with Crippen molar-refractivity contribution in [3.63, 3.8) is 0 Å². The molecule has 0 spiro atoms. The molecule has 0 aliphatic heterocycles. The van der Waals surface area contributed by atoms with Crippen LogP contribution in [0.4, 0.5) is 21.5 Å². The van der Waals surface area contributed by atoms with E-state index < -0.39 is 10.7 Å². The smallest absolute Gasteiger partial charge is 0.269 e. The average Bonchev–Trinajstić information content (AvgIpc) is 2.92. The van der Waals surface area contributed by atoms with Gasteiger partial charge in [-0.05, 0) is 50.3 Å². The van der Waals surface area contributed by atoms with E-state index in [0.29, 0.717) is 32.8 Å². The third kappa shape index (κ3) is 4.69. The van der Waals surface area contributed by atoms with Gasteiger partial charge in [0.15, 0.2) is 5.11 Å². The molecular weight excluding hydrogens is 417 g/mol. The van der Waals surface area contributed by atoms with E-state index in [0.717, 1.165) is 5.69 Å². The van der Waals surface area contributed by atoms with E-state index in [2.05, 4.69) is 15.7 Å². The molecule has 0 fully saturated rings. The van der Waals surface area contributed by atoms with E-state index in [1.807, 2.05) is 13.8 Å². The second-order valence-corrected chi connectivity index (χ2v) is 7.10. The number of nitro benzene ring substituents is 1. The summed E-state index contributed by atoms with van der Waals surface area (Å²) in [5.74, 6) is -0.394. The number of rotatable bonds is 5. The van der Waals surface area contributed by atoms with Gasteiger partial charge in [-0.15, -0.1) is 0 Å². The fraction of sp³-hybridized carbons (Fsp3) is 0.158. The molecule has 150 valence electrons. The van der Waals surface area contributed by atoms with E-state index in [9.17, 15) is 14.5 Å². The molecule has 10 heteroatoms. The molecule has 1 heterocycles. The standard InChI is InChI=1S/C19H17ClFN5O2S/c1-11-18(23-19(29)22-13-6-8-14(9-7-13)26(27)28)12(2)25(24-11)10-15-16(20)4-3-5-17(15)21/h3-9H,10H2,1-2H3,(H2,22,23,29). The van der Waals surface area contributed by atoms with Crippen molar-refractivity contribution in [3.05, 3.63) is 80.4 Å². The normalized spacial score (nSPS) is 10.6. The van der Waals surface area contributed by atoms with Gasteiger partial charge < -0.3 is 10.6 Å². The molecule has 0 unspecified atom stereocenters. The summed E-state index contributed by atoms with van der Waals surface area (Å²) in [6.07, 6.45) is 0. The predicted octanol–water partition coefficient (Wildman–Crippen LogP) is 5.06. The van der Waals surface area contributed by atoms with Crippen molar-refractivity contribution in [1.29, 1.82) is 0 Å². The number of nitro groups is 1. The van der Waals surface area contributed by atoms with Gasteiger partial charge in [0, 0.05) is 28.4 Å². The fourth-order valence-corrected chi connectivity index (χ4v) is 3.25. The number of aromatic nitrogens is 2. The van der Waals surface area contributed by atoms with Gasteiger partial charge in [0.1, 0.15) is 5.82 Å². The van der Waals surface area contributed by atoms with Crippen LogP contribution < -0.4 is 10.6 Å². The minimum atomic E-state index is -0.469. The second-order valence-electron chi connectivity index (χ2n) is 6.29. The van der Waals surface area contributed by atoms with Crippen LogP contribution in [0.5, 0.6) is 0 Å². The number of hydrogen-bond donors (Lipinski definition) is 2. The molecule has 29 heavy (non-hydrogen) atoms. The summed E-state index contributed by atoms with van der Waals surface area (Å²) in [5.41, 5.74) is 3.09. The van der Waals surface area contributed by atoms with Gasteiger partial charge in [0.05, 0.1) is 28.5 Å². The zero-order chi connectivity index (χ0) is 21.1. The molecule has 0 saturated carbocycles. The molecule has 0 saturated heterocycles. The first-order chi connectivity index (χ1) is 13.8. The number of thiocarbonyl (C=S) groups is 1. The lowest BCUT2D eigenvalue weighted by Gasteiger charge is -2.12. The molecule has 0 amide bonds. The van der Waals surface area contributed by atoms with Gasteiger partial charge in [-0.1, -0.05) is 17.7 Å². The van der Waals surface area contributed by atoms with Crippen LogP contribution in [0.15, 0.2) is 42.5 Å². The Kier molecular flexibility index (Phi) is 6.09. The quantitative estimate of drug-likeness (QED) is 0.332. The Hall–Kier alpha value is -3.04. The maximum Gasteiger partial charge on any atom is 0.269 e. The Morgan fingerprint density at radius 3 is 2.55 bits per heavy atom. The van der Waals surface area contributed by atoms with Crippen LogP contribution in [-0.2, 0) is 6.54 Å². The van der Waals surface area contributed by atoms with Crippen molar-refractivity contribution in [2.45, 2.75) is 20.4 Å². The molecule has 0 aliphatic rings. The summed E-state index contributed by atoms with van der Waals surface area (Å²) in [4.78, 5) is 10.3. The molecule has 0 aliphatic carbocycles. The van der Waals surface area contributed by atoms with Crippen molar-refractivity contribution < 1.29 is 9.31 Å². The number of non-ortho nitro benzene ring substituents is 1. The first-order valence-electron chi connectivity index (χ1n) is 8.55. The maximum atomic E-state index is 14.1. The zero-order valence-corrected chi connectivity index (χ0v) is 17.1. The van der Waals surface area contributed by atoms with E-state index in [1.165, 1.54) is 18.2 Å². The van der Waals surface area contributed by atoms with Gasteiger partial charge in [-0.25, -0.2) is 4.39 Å². The molecule has 0 atom stereocenters. The Labute approximate surface area is 176 Å². The summed E-state index contributed by atoms with van der Waals surface area (Å²) < 4.78 is 15.7. The Bertz CT molecular complexity index is 1060. The molecule has 2 N–H and O–H groups in total. The first-order valence-corrected chi connectivity index (χ1v) is 9.34. The second kappa shape index (κ2) is 8.54. The number of anilines is 2. The van der Waals surface area contributed by atoms with Gasteiger partial charge in [-0.3, -0.25) is 14.8 Å². The van der Waals surface area contributed by atoms with Crippen LogP contribution in [0.3, 0.4) is 0 Å². The van der Waals surface area contributed by atoms with Crippen molar-refractivity contribution in [2.75, 3.05) is 10.6 Å². The Balaban J connectivity index is 1.74. The van der Waals surface area contributed by atoms with Gasteiger partial charge >= 0.3 is 0 Å². The molecule has 1 aromatic heterocycles. The van der Waals surface area contributed by atoms with Crippen molar-refractivity contribution in [3.8, 4) is 0 Å². The number of nitrogens with zero attached hydrogens (tertiary/aromatic N) is 3. The molecule has 2 aromatic carbocycles. The Morgan fingerprint density at radius 2 is 1.93 bits per heavy atom. The largest absolute Gasteiger partial charge is 0.332 e. The van der Waals surface area contributed by atoms with Crippen LogP contribution >= 0.6 is 23.8 Å². The fourth-order valence-electron chi connectivity index (χ4n) is 2.81. The van der Waals surface area contributed by atoms with Crippen LogP contribution in [-0.4, -0.2) is 19.8 Å². The van der Waals surface area contributed by atoms with E-state index in [1.54, 1.807) is 28.9 Å². The summed E-state index contributed by atoms with van der Waals surface area (Å²) in [5, 5.41) is 21.9. The number of hydrogen-bond acceptors (Lipinski definition) is 4. The van der Waals surface area contributed by atoms with E-state index in [4.69, 9.17) is 23.8 Å². The third-order valence-corrected chi connectivity index (χ3v) is 4.88. The number of benzene rings is 2. The predicted molar refractivity (Wildman–Crippen MR) is 115 cm³/mol. The lowest BCUT2D eigenvalue weighted by atomic mass is 10.2. The average molecular weight is 434 g/mol. The third-order valence-electron chi connectivity index (χ3n) is 4.33. The highest BCUT2D eigenvalue weighted by molar-refractivity contribution is 7.80. The van der Waals surface area contributed by atoms with Crippen LogP contribution in [0, 0.1) is 29.8 Å². The van der Waals surface area contributed by atoms with Gasteiger partial charge in [0.2, 0.25) is 0 Å². The lowest BCUT2D eigenvalue weighted by molar-refractivity contribution is -0.384. The Morgan fingerprint density at radius 1 is 1.24 bits per heavy atom. The van der Waals surface area contributed by atoms with Crippen LogP contribution in [0.25, 0.3) is 0 Å². The minimum absolute atomic E-state index is 0.00537. The van der Waals surface area contributed by atoms with Gasteiger partial charge in [-0.2, -0.15) is 5.10 Å². The van der Waals surface area contributed by atoms with E-state index >= 15 is 0 Å². The topological polar surface area (TPSA) is 85.0 Å². The lowest BCUT2D eigenvalue weighted by Crippen LogP contribution is -2.20. The zero-order valence-electron chi connectivity index (χ0n) is 15.6. The highest BCUT2D eigenvalue weighted by Gasteiger charge is 2.16. The molecular formula is C19H17ClFN5O2S. The van der Waals surface area contributed by atoms with Crippen molar-refractivity contribution in [2.24, 2.45) is 0 Å². The number of nitrogens with one attached hydrogen (secondary N) is 2. The number of aryl methyl sites for hydroxylation is 1. The molecule has 3 rings (SSSR count). The molecule has 7 nitrogen and oxygen atoms in total. The first kappa shape index (κ1) is 20.7. The van der Waals surface area contributed by atoms with Crippen LogP contribution in [0.2, 0.25) is 5.02 Å². The SMILES string of the molecule is Cc1nn(Cc2c(F)cccc2Cl)c(C)c1NC(=S)Nc1ccc([N+](=O)[O-])cc1. The van der Waals surface area contributed by atoms with Crippen molar-refractivity contribution in [1.82, 2.24) is 9.78 Å². The summed E-state index contributed by atoms with van der Waals surface area (Å²) in [6.45, 7) is 3.83. The molecule has 3 aromatic rings. The summed E-state index contributed by atoms with van der Waals surface area (Å²) in [7, 11) is 0.